The largest absolute Gasteiger partial charge is 0.313 e. The minimum absolute atomic E-state index is 0.975. The van der Waals surface area contributed by atoms with Crippen LogP contribution in [0.2, 0.25) is 0 Å². The van der Waals surface area contributed by atoms with Crippen LogP contribution in [0.15, 0.2) is 36.4 Å². The van der Waals surface area contributed by atoms with E-state index in [9.17, 15) is 0 Å². The highest BCUT2D eigenvalue weighted by atomic mass is 14.8. The lowest BCUT2D eigenvalue weighted by atomic mass is 10.1. The van der Waals surface area contributed by atoms with Crippen molar-refractivity contribution in [2.75, 3.05) is 13.1 Å². The van der Waals surface area contributed by atoms with E-state index in [1.807, 2.05) is 6.07 Å². The van der Waals surface area contributed by atoms with Gasteiger partial charge in [-0.15, -0.1) is 0 Å². The van der Waals surface area contributed by atoms with Crippen molar-refractivity contribution < 1.29 is 0 Å². The van der Waals surface area contributed by atoms with Gasteiger partial charge < -0.3 is 5.32 Å². The summed E-state index contributed by atoms with van der Waals surface area (Å²) in [5.41, 5.74) is 1.28. The van der Waals surface area contributed by atoms with Crippen molar-refractivity contribution in [1.82, 2.24) is 5.32 Å². The molecule has 0 spiro atoms. The highest BCUT2D eigenvalue weighted by Crippen LogP contribution is 2.01. The van der Waals surface area contributed by atoms with E-state index in [4.69, 9.17) is 0 Å². The zero-order chi connectivity index (χ0) is 12.2. The molecule has 0 saturated carbocycles. The Bertz CT molecular complexity index is 290. The van der Waals surface area contributed by atoms with Gasteiger partial charge in [0.25, 0.3) is 0 Å². The predicted octanol–water partition coefficient (Wildman–Crippen LogP) is 4.26. The Hall–Kier alpha value is -1.08. The van der Waals surface area contributed by atoms with Crippen LogP contribution in [0.25, 0.3) is 6.08 Å². The van der Waals surface area contributed by atoms with Crippen LogP contribution >= 0.6 is 0 Å². The van der Waals surface area contributed by atoms with E-state index in [0.29, 0.717) is 0 Å². The standard InChI is InChI=1S/C16H25N/c1-2-3-4-5-9-14-17-15-10-13-16-11-7-6-8-12-16/h6-8,10-13,17H,2-5,9,14-15H2,1H3. The first-order chi connectivity index (χ1) is 8.43. The molecular weight excluding hydrogens is 206 g/mol. The molecule has 0 aliphatic heterocycles. The first kappa shape index (κ1) is 14.0. The second kappa shape index (κ2) is 10.1. The minimum Gasteiger partial charge on any atom is -0.313 e. The van der Waals surface area contributed by atoms with Gasteiger partial charge in [0.1, 0.15) is 0 Å². The van der Waals surface area contributed by atoms with Gasteiger partial charge in [0.15, 0.2) is 0 Å². The third kappa shape index (κ3) is 7.76. The van der Waals surface area contributed by atoms with Crippen molar-refractivity contribution in [3.05, 3.63) is 42.0 Å². The van der Waals surface area contributed by atoms with Gasteiger partial charge in [-0.25, -0.2) is 0 Å². The minimum atomic E-state index is 0.975. The summed E-state index contributed by atoms with van der Waals surface area (Å²) in [6.45, 7) is 4.37. The normalized spacial score (nSPS) is 11.1. The van der Waals surface area contributed by atoms with Crippen LogP contribution < -0.4 is 5.32 Å². The van der Waals surface area contributed by atoms with Gasteiger partial charge in [0, 0.05) is 6.54 Å². The van der Waals surface area contributed by atoms with Gasteiger partial charge in [-0.3, -0.25) is 0 Å². The Morgan fingerprint density at radius 2 is 1.76 bits per heavy atom. The Labute approximate surface area is 106 Å². The summed E-state index contributed by atoms with van der Waals surface area (Å²) in [5, 5.41) is 3.45. The average molecular weight is 231 g/mol. The molecule has 0 heterocycles. The van der Waals surface area contributed by atoms with Crippen molar-refractivity contribution in [2.24, 2.45) is 0 Å². The predicted molar refractivity (Wildman–Crippen MR) is 77.1 cm³/mol. The van der Waals surface area contributed by atoms with Gasteiger partial charge >= 0.3 is 0 Å². The Morgan fingerprint density at radius 3 is 2.53 bits per heavy atom. The molecule has 0 unspecified atom stereocenters. The van der Waals surface area contributed by atoms with Crippen LogP contribution in [0.4, 0.5) is 0 Å². The molecule has 0 bridgehead atoms. The van der Waals surface area contributed by atoms with Crippen molar-refractivity contribution in [3.8, 4) is 0 Å². The summed E-state index contributed by atoms with van der Waals surface area (Å²) in [5.74, 6) is 0. The molecule has 94 valence electrons. The number of hydrogen-bond donors (Lipinski definition) is 1. The highest BCUT2D eigenvalue weighted by molar-refractivity contribution is 5.48. The molecule has 1 nitrogen and oxygen atoms in total. The SMILES string of the molecule is CCCCCCCNCC=Cc1ccccc1. The monoisotopic (exact) mass is 231 g/mol. The molecule has 1 aromatic rings. The van der Waals surface area contributed by atoms with Gasteiger partial charge in [0.2, 0.25) is 0 Å². The topological polar surface area (TPSA) is 12.0 Å². The lowest BCUT2D eigenvalue weighted by Gasteiger charge is -2.01. The molecule has 0 aliphatic carbocycles. The van der Waals surface area contributed by atoms with E-state index in [1.54, 1.807) is 0 Å². The first-order valence-electron chi connectivity index (χ1n) is 6.86. The molecule has 0 amide bonds. The van der Waals surface area contributed by atoms with E-state index in [2.05, 4.69) is 48.7 Å². The Morgan fingerprint density at radius 1 is 1.00 bits per heavy atom. The van der Waals surface area contributed by atoms with Crippen molar-refractivity contribution in [3.63, 3.8) is 0 Å². The molecule has 17 heavy (non-hydrogen) atoms. The second-order valence-corrected chi connectivity index (χ2v) is 4.43. The molecule has 1 aromatic carbocycles. The Kier molecular flexibility index (Phi) is 8.31. The van der Waals surface area contributed by atoms with E-state index in [-0.39, 0.29) is 0 Å². The van der Waals surface area contributed by atoms with E-state index < -0.39 is 0 Å². The molecule has 1 N–H and O–H groups in total. The summed E-state index contributed by atoms with van der Waals surface area (Å²) < 4.78 is 0. The smallest absolute Gasteiger partial charge is 0.0138 e. The number of benzene rings is 1. The summed E-state index contributed by atoms with van der Waals surface area (Å²) in [6, 6.07) is 10.4. The average Bonchev–Trinajstić information content (AvgIpc) is 2.38. The van der Waals surface area contributed by atoms with Crippen molar-refractivity contribution in [2.45, 2.75) is 39.0 Å². The summed E-state index contributed by atoms with van der Waals surface area (Å²) >= 11 is 0. The number of nitrogens with one attached hydrogen (secondary N) is 1. The highest BCUT2D eigenvalue weighted by Gasteiger charge is 1.88. The van der Waals surface area contributed by atoms with Crippen LogP contribution in [0.5, 0.6) is 0 Å². The third-order valence-electron chi connectivity index (χ3n) is 2.83. The maximum absolute atomic E-state index is 3.45. The third-order valence-corrected chi connectivity index (χ3v) is 2.83. The lowest BCUT2D eigenvalue weighted by molar-refractivity contribution is 0.601. The zero-order valence-electron chi connectivity index (χ0n) is 11.0. The molecule has 0 saturated heterocycles. The first-order valence-corrected chi connectivity index (χ1v) is 6.86. The molecule has 0 radical (unpaired) electrons. The number of rotatable bonds is 9. The van der Waals surface area contributed by atoms with Gasteiger partial charge in [-0.2, -0.15) is 0 Å². The van der Waals surface area contributed by atoms with Gasteiger partial charge in [-0.05, 0) is 18.5 Å². The van der Waals surface area contributed by atoms with E-state index >= 15 is 0 Å². The van der Waals surface area contributed by atoms with Gasteiger partial charge in [-0.1, -0.05) is 75.1 Å². The second-order valence-electron chi connectivity index (χ2n) is 4.43. The van der Waals surface area contributed by atoms with E-state index in [0.717, 1.165) is 13.1 Å². The molecule has 0 fully saturated rings. The maximum atomic E-state index is 3.45. The fraction of sp³-hybridized carbons (Fsp3) is 0.500. The molecule has 0 atom stereocenters. The van der Waals surface area contributed by atoms with Crippen LogP contribution in [0.3, 0.4) is 0 Å². The summed E-state index contributed by atoms with van der Waals surface area (Å²) in [7, 11) is 0. The zero-order valence-corrected chi connectivity index (χ0v) is 11.0. The molecule has 1 rings (SSSR count). The number of unbranched alkanes of at least 4 members (excludes halogenated alkanes) is 4. The number of hydrogen-bond acceptors (Lipinski definition) is 1. The molecule has 0 aliphatic rings. The van der Waals surface area contributed by atoms with E-state index in [1.165, 1.54) is 37.7 Å². The molecular formula is C16H25N. The summed E-state index contributed by atoms with van der Waals surface area (Å²) in [4.78, 5) is 0. The fourth-order valence-electron chi connectivity index (χ4n) is 1.80. The molecule has 0 aromatic heterocycles. The van der Waals surface area contributed by atoms with Gasteiger partial charge in [0.05, 0.1) is 0 Å². The molecule has 1 heteroatoms. The van der Waals surface area contributed by atoms with Crippen molar-refractivity contribution >= 4 is 6.08 Å². The quantitative estimate of drug-likeness (QED) is 0.626. The van der Waals surface area contributed by atoms with Crippen LogP contribution in [0.1, 0.15) is 44.6 Å². The lowest BCUT2D eigenvalue weighted by Crippen LogP contribution is -2.14. The van der Waals surface area contributed by atoms with Crippen LogP contribution in [-0.2, 0) is 0 Å². The fourth-order valence-corrected chi connectivity index (χ4v) is 1.80. The van der Waals surface area contributed by atoms with Crippen LogP contribution in [0, 0.1) is 0 Å². The van der Waals surface area contributed by atoms with Crippen LogP contribution in [-0.4, -0.2) is 13.1 Å². The van der Waals surface area contributed by atoms with Crippen molar-refractivity contribution in [1.29, 1.82) is 0 Å². The summed E-state index contributed by atoms with van der Waals surface area (Å²) in [6.07, 6.45) is 11.1. The Balaban J connectivity index is 1.95. The maximum Gasteiger partial charge on any atom is 0.0138 e.